The minimum absolute atomic E-state index is 0.115. The van der Waals surface area contributed by atoms with Crippen molar-refractivity contribution in [2.45, 2.75) is 84.4 Å². The van der Waals surface area contributed by atoms with Crippen LogP contribution in [0, 0.1) is 16.7 Å². The minimum Gasteiger partial charge on any atom is -0.493 e. The van der Waals surface area contributed by atoms with Gasteiger partial charge in [-0.3, -0.25) is 0 Å². The van der Waals surface area contributed by atoms with Crippen LogP contribution >= 0.6 is 15.9 Å². The van der Waals surface area contributed by atoms with Crippen molar-refractivity contribution in [2.75, 3.05) is 7.11 Å². The average Bonchev–Trinajstić information content (AvgIpc) is 2.50. The SMILES string of the molecule is COc1ccc(Br)c(CNC23CC4CC(C)(CC(C)(C4)C2)C3)c1OC(C)C. The summed E-state index contributed by atoms with van der Waals surface area (Å²) in [5, 5.41) is 4.03. The zero-order valence-electron chi connectivity index (χ0n) is 17.5. The van der Waals surface area contributed by atoms with Crippen molar-refractivity contribution >= 4 is 15.9 Å². The number of hydrogen-bond donors (Lipinski definition) is 1. The van der Waals surface area contributed by atoms with Gasteiger partial charge in [-0.2, -0.15) is 0 Å². The largest absolute Gasteiger partial charge is 0.493 e. The summed E-state index contributed by atoms with van der Waals surface area (Å²) >= 11 is 3.76. The molecule has 150 valence electrons. The maximum absolute atomic E-state index is 6.16. The first-order valence-corrected chi connectivity index (χ1v) is 11.2. The Morgan fingerprint density at radius 2 is 1.78 bits per heavy atom. The predicted octanol–water partition coefficient (Wildman–Crippen LogP) is 6.08. The van der Waals surface area contributed by atoms with Crippen LogP contribution in [0.5, 0.6) is 11.5 Å². The fourth-order valence-electron chi connectivity index (χ4n) is 7.19. The molecule has 4 saturated carbocycles. The molecular weight excluding hydrogens is 402 g/mol. The van der Waals surface area contributed by atoms with Crippen LogP contribution in [0.1, 0.15) is 71.8 Å². The van der Waals surface area contributed by atoms with E-state index in [0.29, 0.717) is 10.8 Å². The Labute approximate surface area is 172 Å². The van der Waals surface area contributed by atoms with E-state index < -0.39 is 0 Å². The molecule has 0 spiro atoms. The van der Waals surface area contributed by atoms with E-state index in [-0.39, 0.29) is 11.6 Å². The third-order valence-electron chi connectivity index (χ3n) is 7.01. The highest BCUT2D eigenvalue weighted by Crippen LogP contribution is 2.66. The summed E-state index contributed by atoms with van der Waals surface area (Å²) in [5.74, 6) is 2.58. The monoisotopic (exact) mass is 435 g/mol. The fraction of sp³-hybridized carbons (Fsp3) is 0.739. The van der Waals surface area contributed by atoms with Gasteiger partial charge in [0.1, 0.15) is 0 Å². The van der Waals surface area contributed by atoms with Gasteiger partial charge in [-0.1, -0.05) is 29.8 Å². The first-order valence-electron chi connectivity index (χ1n) is 10.4. The highest BCUT2D eigenvalue weighted by molar-refractivity contribution is 9.10. The average molecular weight is 436 g/mol. The lowest BCUT2D eigenvalue weighted by atomic mass is 9.43. The number of nitrogens with one attached hydrogen (secondary N) is 1. The van der Waals surface area contributed by atoms with Crippen LogP contribution in [0.25, 0.3) is 0 Å². The molecule has 4 aliphatic carbocycles. The van der Waals surface area contributed by atoms with E-state index in [1.165, 1.54) is 44.1 Å². The third-order valence-corrected chi connectivity index (χ3v) is 7.75. The highest BCUT2D eigenvalue weighted by Gasteiger charge is 2.59. The van der Waals surface area contributed by atoms with Gasteiger partial charge in [0.05, 0.1) is 13.2 Å². The number of benzene rings is 1. The van der Waals surface area contributed by atoms with Crippen molar-refractivity contribution in [3.63, 3.8) is 0 Å². The molecule has 1 N–H and O–H groups in total. The summed E-state index contributed by atoms with van der Waals surface area (Å²) in [6.45, 7) is 10.0. The van der Waals surface area contributed by atoms with Crippen LogP contribution in [0.2, 0.25) is 0 Å². The van der Waals surface area contributed by atoms with Gasteiger partial charge in [0, 0.05) is 22.1 Å². The summed E-state index contributed by atoms with van der Waals surface area (Å²) in [5.41, 5.74) is 2.49. The van der Waals surface area contributed by atoms with E-state index in [0.717, 1.165) is 28.4 Å². The van der Waals surface area contributed by atoms with Crippen molar-refractivity contribution < 1.29 is 9.47 Å². The molecule has 4 heteroatoms. The molecule has 1 aromatic carbocycles. The molecule has 0 aliphatic heterocycles. The first-order chi connectivity index (χ1) is 12.6. The van der Waals surface area contributed by atoms with Crippen molar-refractivity contribution in [1.29, 1.82) is 0 Å². The minimum atomic E-state index is 0.115. The summed E-state index contributed by atoms with van der Waals surface area (Å²) in [6, 6.07) is 4.06. The van der Waals surface area contributed by atoms with Crippen LogP contribution in [0.3, 0.4) is 0 Å². The molecule has 0 radical (unpaired) electrons. The molecule has 2 atom stereocenters. The van der Waals surface area contributed by atoms with Gasteiger partial charge in [-0.25, -0.2) is 0 Å². The maximum Gasteiger partial charge on any atom is 0.167 e. The standard InChI is InChI=1S/C23H34BrNO2/c1-15(2)27-20-17(18(24)6-7-19(20)26-5)11-25-23-10-16-8-21(3,13-23)12-22(4,9-16)14-23/h6-7,15-16,25H,8-14H2,1-5H3. The molecule has 0 saturated heterocycles. The Bertz CT molecular complexity index is 713. The number of hydrogen-bond acceptors (Lipinski definition) is 3. The molecule has 3 nitrogen and oxygen atoms in total. The third kappa shape index (κ3) is 3.64. The van der Waals surface area contributed by atoms with Gasteiger partial charge >= 0.3 is 0 Å². The Morgan fingerprint density at radius 3 is 2.33 bits per heavy atom. The molecule has 0 amide bonds. The summed E-state index contributed by atoms with van der Waals surface area (Å²) in [6.07, 6.45) is 8.34. The lowest BCUT2D eigenvalue weighted by molar-refractivity contribution is -0.118. The van der Waals surface area contributed by atoms with Crippen LogP contribution in [0.4, 0.5) is 0 Å². The van der Waals surface area contributed by atoms with Crippen LogP contribution in [-0.2, 0) is 6.54 Å². The Balaban J connectivity index is 1.61. The second-order valence-electron chi connectivity index (χ2n) is 10.5. The molecule has 2 unspecified atom stereocenters. The smallest absolute Gasteiger partial charge is 0.167 e. The molecule has 1 aromatic rings. The zero-order valence-corrected chi connectivity index (χ0v) is 19.0. The van der Waals surface area contributed by atoms with Crippen molar-refractivity contribution in [1.82, 2.24) is 5.32 Å². The van der Waals surface area contributed by atoms with E-state index in [1.807, 2.05) is 6.07 Å². The van der Waals surface area contributed by atoms with Crippen molar-refractivity contribution in [3.05, 3.63) is 22.2 Å². The lowest BCUT2D eigenvalue weighted by Crippen LogP contribution is -2.63. The topological polar surface area (TPSA) is 30.5 Å². The lowest BCUT2D eigenvalue weighted by Gasteiger charge is -2.65. The van der Waals surface area contributed by atoms with E-state index in [1.54, 1.807) is 7.11 Å². The second kappa shape index (κ2) is 6.66. The Hall–Kier alpha value is -0.740. The number of methoxy groups -OCH3 is 1. The van der Waals surface area contributed by atoms with E-state index >= 15 is 0 Å². The maximum atomic E-state index is 6.16. The van der Waals surface area contributed by atoms with Crippen molar-refractivity contribution in [2.24, 2.45) is 16.7 Å². The number of ether oxygens (including phenoxy) is 2. The van der Waals surface area contributed by atoms with Gasteiger partial charge in [-0.15, -0.1) is 0 Å². The van der Waals surface area contributed by atoms with Gasteiger partial charge in [0.25, 0.3) is 0 Å². The molecule has 4 fully saturated rings. The zero-order chi connectivity index (χ0) is 19.4. The van der Waals surface area contributed by atoms with Gasteiger partial charge < -0.3 is 14.8 Å². The molecule has 0 heterocycles. The van der Waals surface area contributed by atoms with Crippen molar-refractivity contribution in [3.8, 4) is 11.5 Å². The summed E-state index contributed by atoms with van der Waals surface area (Å²) in [7, 11) is 1.72. The van der Waals surface area contributed by atoms with Crippen LogP contribution in [-0.4, -0.2) is 18.8 Å². The summed E-state index contributed by atoms with van der Waals surface area (Å²) < 4.78 is 12.9. The normalized spacial score (nSPS) is 37.1. The van der Waals surface area contributed by atoms with Gasteiger partial charge in [-0.05, 0) is 81.3 Å². The molecular formula is C23H34BrNO2. The molecule has 4 aliphatic rings. The van der Waals surface area contributed by atoms with Gasteiger partial charge in [0.15, 0.2) is 11.5 Å². The molecule has 27 heavy (non-hydrogen) atoms. The van der Waals surface area contributed by atoms with E-state index in [9.17, 15) is 0 Å². The Morgan fingerprint density at radius 1 is 1.11 bits per heavy atom. The molecule has 0 aromatic heterocycles. The molecule has 4 bridgehead atoms. The van der Waals surface area contributed by atoms with Gasteiger partial charge in [0.2, 0.25) is 0 Å². The predicted molar refractivity (Wildman–Crippen MR) is 113 cm³/mol. The summed E-state index contributed by atoms with van der Waals surface area (Å²) in [4.78, 5) is 0. The van der Waals surface area contributed by atoms with E-state index in [2.05, 4.69) is 55.0 Å². The Kier molecular flexibility index (Phi) is 4.82. The number of rotatable bonds is 6. The van der Waals surface area contributed by atoms with Crippen LogP contribution in [0.15, 0.2) is 16.6 Å². The number of halogens is 1. The molecule has 5 rings (SSSR count). The quantitative estimate of drug-likeness (QED) is 0.586. The second-order valence-corrected chi connectivity index (χ2v) is 11.3. The highest BCUT2D eigenvalue weighted by atomic mass is 79.9. The van der Waals surface area contributed by atoms with E-state index in [4.69, 9.17) is 9.47 Å². The van der Waals surface area contributed by atoms with Crippen LogP contribution < -0.4 is 14.8 Å². The fourth-order valence-corrected chi connectivity index (χ4v) is 7.65. The first kappa shape index (κ1) is 19.6.